The van der Waals surface area contributed by atoms with E-state index in [4.69, 9.17) is 18.9 Å². The number of hydroxylamine groups is 4. The summed E-state index contributed by atoms with van der Waals surface area (Å²) in [6.45, 7) is 24.4. The molecule has 0 aromatic heterocycles. The molecule has 0 aromatic carbocycles. The molecular weight excluding hydrogens is 606 g/mol. The third-order valence-electron chi connectivity index (χ3n) is 11.4. The summed E-state index contributed by atoms with van der Waals surface area (Å²) in [5.74, 6) is -2.06. The Kier molecular flexibility index (Phi) is 12.0. The van der Waals surface area contributed by atoms with Gasteiger partial charge in [-0.2, -0.15) is 10.1 Å². The average molecular weight is 672 g/mol. The van der Waals surface area contributed by atoms with Gasteiger partial charge in [0.25, 0.3) is 0 Å². The molecule has 4 N–H and O–H groups in total. The first-order chi connectivity index (χ1) is 21.3. The Morgan fingerprint density at radius 2 is 1.26 bits per heavy atom. The molecule has 0 saturated carbocycles. The lowest BCUT2D eigenvalue weighted by Crippen LogP contribution is -2.48. The van der Waals surface area contributed by atoms with Crippen LogP contribution in [0.4, 0.5) is 0 Å². The van der Waals surface area contributed by atoms with Crippen molar-refractivity contribution in [3.05, 3.63) is 0 Å². The SMILES string of the molecule is COC(C(=O)OCC1CC(C)(C)N(O)C1(C)C)C(CC(=O)OCC1CC(C)(C)NC1(C)C)CC(O)OCC1CC(C)(C)N(O)C1(C)C. The molecule has 12 nitrogen and oxygen atoms in total. The van der Waals surface area contributed by atoms with E-state index in [0.717, 1.165) is 6.42 Å². The number of hydrogen-bond donors (Lipinski definition) is 4. The second kappa shape index (κ2) is 14.1. The number of ether oxygens (including phenoxy) is 4. The van der Waals surface area contributed by atoms with Crippen LogP contribution in [0, 0.1) is 23.7 Å². The Labute approximate surface area is 282 Å². The molecule has 0 amide bonds. The number of carbonyl (C=O) groups is 2. The number of carbonyl (C=O) groups excluding carboxylic acids is 2. The van der Waals surface area contributed by atoms with Crippen LogP contribution in [0.1, 0.15) is 115 Å². The number of rotatable bonds is 14. The molecule has 3 fully saturated rings. The zero-order valence-corrected chi connectivity index (χ0v) is 31.3. The van der Waals surface area contributed by atoms with E-state index in [9.17, 15) is 25.1 Å². The van der Waals surface area contributed by atoms with Crippen molar-refractivity contribution in [2.24, 2.45) is 23.7 Å². The third-order valence-corrected chi connectivity index (χ3v) is 11.4. The Bertz CT molecular complexity index is 1110. The second-order valence-corrected chi connectivity index (χ2v) is 17.9. The minimum Gasteiger partial charge on any atom is -0.465 e. The maximum atomic E-state index is 13.5. The van der Waals surface area contributed by atoms with Crippen molar-refractivity contribution in [1.29, 1.82) is 0 Å². The zero-order valence-electron chi connectivity index (χ0n) is 31.3. The van der Waals surface area contributed by atoms with E-state index in [-0.39, 0.29) is 61.5 Å². The standard InChI is InChI=1S/C35H65N3O9/c1-30(2)16-23(33(7,8)36-30)19-45-26(39)14-22(15-27(40)46-20-24-17-31(3,4)37(42)34(24,9)10)28(44-13)29(41)47-21-25-18-32(5,6)38(43)35(25,11)12/h22-25,27-28,36,40,42-43H,14-21H2,1-13H3. The minimum absolute atomic E-state index is 0.0617. The highest BCUT2D eigenvalue weighted by Gasteiger charge is 2.53. The molecule has 47 heavy (non-hydrogen) atoms. The quantitative estimate of drug-likeness (QED) is 0.152. The number of esters is 2. The average Bonchev–Trinajstić information content (AvgIpc) is 3.32. The smallest absolute Gasteiger partial charge is 0.335 e. The lowest BCUT2D eigenvalue weighted by molar-refractivity contribution is -0.203. The van der Waals surface area contributed by atoms with E-state index in [1.165, 1.54) is 17.2 Å². The number of hydrogen-bond acceptors (Lipinski definition) is 12. The van der Waals surface area contributed by atoms with Crippen molar-refractivity contribution < 1.29 is 44.1 Å². The fraction of sp³-hybridized carbons (Fsp3) is 0.943. The van der Waals surface area contributed by atoms with Gasteiger partial charge in [0.1, 0.15) is 0 Å². The first-order valence-corrected chi connectivity index (χ1v) is 17.2. The van der Waals surface area contributed by atoms with E-state index in [1.807, 2.05) is 55.4 Å². The fourth-order valence-electron chi connectivity index (χ4n) is 8.55. The molecule has 0 aliphatic carbocycles. The van der Waals surface area contributed by atoms with Crippen LogP contribution in [0.25, 0.3) is 0 Å². The summed E-state index contributed by atoms with van der Waals surface area (Å²) in [6, 6.07) is 0. The Hall–Kier alpha value is -1.38. The molecule has 0 spiro atoms. The van der Waals surface area contributed by atoms with Gasteiger partial charge in [-0.1, -0.05) is 0 Å². The lowest BCUT2D eigenvalue weighted by Gasteiger charge is -2.36. The second-order valence-electron chi connectivity index (χ2n) is 17.9. The van der Waals surface area contributed by atoms with Crippen LogP contribution in [0.5, 0.6) is 0 Å². The highest BCUT2D eigenvalue weighted by Crippen LogP contribution is 2.45. The van der Waals surface area contributed by atoms with E-state index < -0.39 is 52.4 Å². The molecule has 6 atom stereocenters. The van der Waals surface area contributed by atoms with Gasteiger partial charge in [0.15, 0.2) is 12.4 Å². The van der Waals surface area contributed by atoms with E-state index in [0.29, 0.717) is 12.8 Å². The normalized spacial score (nSPS) is 30.9. The summed E-state index contributed by atoms with van der Waals surface area (Å²) in [6.07, 6.45) is -0.603. The molecule has 274 valence electrons. The number of aliphatic hydroxyl groups is 1. The topological polar surface area (TPSA) is 150 Å². The minimum atomic E-state index is -1.30. The van der Waals surface area contributed by atoms with Gasteiger partial charge < -0.3 is 39.8 Å². The van der Waals surface area contributed by atoms with Gasteiger partial charge in [-0.15, -0.1) is 0 Å². The molecule has 3 aliphatic rings. The predicted molar refractivity (Wildman–Crippen MR) is 177 cm³/mol. The number of nitrogens with zero attached hydrogens (tertiary/aromatic N) is 2. The highest BCUT2D eigenvalue weighted by atomic mass is 16.6. The molecule has 0 radical (unpaired) electrons. The molecule has 3 rings (SSSR count). The number of nitrogens with one attached hydrogen (secondary N) is 1. The van der Waals surface area contributed by atoms with Crippen LogP contribution in [0.2, 0.25) is 0 Å². The van der Waals surface area contributed by atoms with Crippen LogP contribution < -0.4 is 5.32 Å². The lowest BCUT2D eigenvalue weighted by atomic mass is 9.87. The molecule has 0 aromatic rings. The molecule has 3 aliphatic heterocycles. The molecule has 0 bridgehead atoms. The van der Waals surface area contributed by atoms with Gasteiger partial charge >= 0.3 is 11.9 Å². The highest BCUT2D eigenvalue weighted by molar-refractivity contribution is 5.77. The Morgan fingerprint density at radius 3 is 1.68 bits per heavy atom. The van der Waals surface area contributed by atoms with Crippen molar-refractivity contribution in [3.63, 3.8) is 0 Å². The predicted octanol–water partition coefficient (Wildman–Crippen LogP) is 4.52. The molecule has 3 saturated heterocycles. The van der Waals surface area contributed by atoms with Gasteiger partial charge in [0, 0.05) is 70.4 Å². The summed E-state index contributed by atoms with van der Waals surface area (Å²) in [5.41, 5.74) is -2.43. The van der Waals surface area contributed by atoms with Crippen LogP contribution in [0.15, 0.2) is 0 Å². The van der Waals surface area contributed by atoms with Gasteiger partial charge in [0.05, 0.1) is 26.2 Å². The van der Waals surface area contributed by atoms with E-state index in [1.54, 1.807) is 0 Å². The largest absolute Gasteiger partial charge is 0.465 e. The first kappa shape index (κ1) is 40.1. The van der Waals surface area contributed by atoms with Crippen molar-refractivity contribution >= 4 is 11.9 Å². The van der Waals surface area contributed by atoms with Gasteiger partial charge in [-0.3, -0.25) is 4.79 Å². The van der Waals surface area contributed by atoms with Crippen LogP contribution >= 0.6 is 0 Å². The van der Waals surface area contributed by atoms with Crippen molar-refractivity contribution in [2.45, 2.75) is 161 Å². The summed E-state index contributed by atoms with van der Waals surface area (Å²) in [7, 11) is 1.38. The Balaban J connectivity index is 1.71. The number of methoxy groups -OCH3 is 1. The van der Waals surface area contributed by atoms with Crippen LogP contribution in [-0.2, 0) is 28.5 Å². The zero-order chi connectivity index (χ0) is 36.0. The van der Waals surface area contributed by atoms with Crippen LogP contribution in [0.3, 0.4) is 0 Å². The molecular formula is C35H65N3O9. The summed E-state index contributed by atoms with van der Waals surface area (Å²) in [5, 5.41) is 38.8. The van der Waals surface area contributed by atoms with Gasteiger partial charge in [-0.25, -0.2) is 4.79 Å². The molecule has 6 unspecified atom stereocenters. The maximum Gasteiger partial charge on any atom is 0.335 e. The van der Waals surface area contributed by atoms with Gasteiger partial charge in [-0.05, 0) is 102 Å². The number of aliphatic hydroxyl groups excluding tert-OH is 1. The van der Waals surface area contributed by atoms with E-state index >= 15 is 0 Å². The molecule has 3 heterocycles. The fourth-order valence-corrected chi connectivity index (χ4v) is 8.55. The summed E-state index contributed by atoms with van der Waals surface area (Å²) >= 11 is 0. The summed E-state index contributed by atoms with van der Waals surface area (Å²) in [4.78, 5) is 26.8. The first-order valence-electron chi connectivity index (χ1n) is 17.2. The third kappa shape index (κ3) is 9.05. The summed E-state index contributed by atoms with van der Waals surface area (Å²) < 4.78 is 23.1. The van der Waals surface area contributed by atoms with Crippen molar-refractivity contribution in [2.75, 3.05) is 26.9 Å². The van der Waals surface area contributed by atoms with Crippen LogP contribution in [-0.4, -0.2) is 110 Å². The van der Waals surface area contributed by atoms with Crippen molar-refractivity contribution in [1.82, 2.24) is 15.4 Å². The maximum absolute atomic E-state index is 13.5. The van der Waals surface area contributed by atoms with Crippen molar-refractivity contribution in [3.8, 4) is 0 Å². The Morgan fingerprint density at radius 1 is 0.766 bits per heavy atom. The van der Waals surface area contributed by atoms with E-state index in [2.05, 4.69) is 33.0 Å². The monoisotopic (exact) mass is 671 g/mol. The molecule has 12 heteroatoms. The van der Waals surface area contributed by atoms with Gasteiger partial charge in [0.2, 0.25) is 0 Å².